The third-order valence-electron chi connectivity index (χ3n) is 1.69. The van der Waals surface area contributed by atoms with Crippen molar-refractivity contribution >= 4 is 17.0 Å². The van der Waals surface area contributed by atoms with Crippen molar-refractivity contribution in [3.8, 4) is 0 Å². The number of carboxylic acid groups (broad SMARTS) is 1. The second-order valence-corrected chi connectivity index (χ2v) is 5.67. The van der Waals surface area contributed by atoms with Gasteiger partial charge in [-0.3, -0.25) is 0 Å². The van der Waals surface area contributed by atoms with E-state index < -0.39 is 17.0 Å². The highest BCUT2D eigenvalue weighted by Gasteiger charge is 2.15. The molecule has 5 heteroatoms. The maximum atomic E-state index is 11.8. The predicted octanol–water partition coefficient (Wildman–Crippen LogP) is 1.80. The number of benzene rings is 1. The lowest BCUT2D eigenvalue weighted by molar-refractivity contribution is 0.0696. The summed E-state index contributed by atoms with van der Waals surface area (Å²) in [5.41, 5.74) is -0.147. The van der Waals surface area contributed by atoms with E-state index in [-0.39, 0.29) is 11.1 Å². The minimum Gasteiger partial charge on any atom is -0.478 e. The summed E-state index contributed by atoms with van der Waals surface area (Å²) in [6.45, 7) is 5.68. The zero-order chi connectivity index (χ0) is 12.3. The van der Waals surface area contributed by atoms with Crippen molar-refractivity contribution < 1.29 is 14.1 Å². The van der Waals surface area contributed by atoms with Crippen LogP contribution in [0.3, 0.4) is 0 Å². The van der Waals surface area contributed by atoms with Gasteiger partial charge in [0.05, 0.1) is 10.5 Å². The quantitative estimate of drug-likeness (QED) is 0.848. The van der Waals surface area contributed by atoms with Gasteiger partial charge in [-0.15, -0.1) is 0 Å². The van der Waals surface area contributed by atoms with E-state index in [2.05, 4.69) is 4.72 Å². The second-order valence-electron chi connectivity index (χ2n) is 4.45. The zero-order valence-corrected chi connectivity index (χ0v) is 10.3. The highest BCUT2D eigenvalue weighted by atomic mass is 32.2. The Balaban J connectivity index is 2.92. The monoisotopic (exact) mass is 241 g/mol. The molecule has 1 aromatic rings. The van der Waals surface area contributed by atoms with Gasteiger partial charge in [0.2, 0.25) is 0 Å². The smallest absolute Gasteiger partial charge is 0.335 e. The Kier molecular flexibility index (Phi) is 3.83. The van der Waals surface area contributed by atoms with E-state index in [0.29, 0.717) is 4.90 Å². The van der Waals surface area contributed by atoms with Gasteiger partial charge >= 0.3 is 5.97 Å². The molecular formula is C11H15NO3S. The van der Waals surface area contributed by atoms with Crippen molar-refractivity contribution in [2.24, 2.45) is 0 Å². The van der Waals surface area contributed by atoms with Gasteiger partial charge in [0.1, 0.15) is 11.0 Å². The molecule has 0 amide bonds. The first-order valence-electron chi connectivity index (χ1n) is 4.82. The third-order valence-corrected chi connectivity index (χ3v) is 3.17. The van der Waals surface area contributed by atoms with Crippen LogP contribution < -0.4 is 4.72 Å². The van der Waals surface area contributed by atoms with Gasteiger partial charge in [-0.2, -0.15) is 0 Å². The minimum atomic E-state index is -1.39. The molecule has 1 atom stereocenters. The molecule has 0 aliphatic heterocycles. The molecule has 2 N–H and O–H groups in total. The predicted molar refractivity (Wildman–Crippen MR) is 62.7 cm³/mol. The van der Waals surface area contributed by atoms with Gasteiger partial charge in [-0.25, -0.2) is 13.7 Å². The summed E-state index contributed by atoms with van der Waals surface area (Å²) in [6, 6.07) is 6.11. The van der Waals surface area contributed by atoms with Crippen molar-refractivity contribution in [1.82, 2.24) is 4.72 Å². The Labute approximate surface area is 97.3 Å². The van der Waals surface area contributed by atoms with E-state index in [1.54, 1.807) is 12.1 Å². The van der Waals surface area contributed by atoms with E-state index >= 15 is 0 Å². The molecule has 0 fully saturated rings. The molecule has 0 saturated carbocycles. The van der Waals surface area contributed by atoms with Gasteiger partial charge < -0.3 is 5.11 Å². The molecule has 1 unspecified atom stereocenters. The lowest BCUT2D eigenvalue weighted by Crippen LogP contribution is -2.37. The summed E-state index contributed by atoms with van der Waals surface area (Å²) in [5.74, 6) is -1.02. The molecule has 4 nitrogen and oxygen atoms in total. The molecule has 0 radical (unpaired) electrons. The van der Waals surface area contributed by atoms with Gasteiger partial charge in [-0.05, 0) is 39.0 Å². The van der Waals surface area contributed by atoms with E-state index in [9.17, 15) is 9.00 Å². The van der Waals surface area contributed by atoms with Crippen LogP contribution in [0, 0.1) is 0 Å². The summed E-state index contributed by atoms with van der Waals surface area (Å²) in [5, 5.41) is 8.80. The molecule has 88 valence electrons. The fourth-order valence-electron chi connectivity index (χ4n) is 1.08. The van der Waals surface area contributed by atoms with Crippen molar-refractivity contribution in [2.45, 2.75) is 31.2 Å². The molecule has 1 rings (SSSR count). The lowest BCUT2D eigenvalue weighted by atomic mass is 10.1. The molecule has 0 bridgehead atoms. The molecule has 16 heavy (non-hydrogen) atoms. The summed E-state index contributed by atoms with van der Waals surface area (Å²) < 4.78 is 14.7. The fourth-order valence-corrected chi connectivity index (χ4v) is 2.19. The molecule has 0 aliphatic carbocycles. The SMILES string of the molecule is CC(C)(C)NS(=O)c1cccc(C(=O)O)c1. The molecule has 0 aliphatic rings. The van der Waals surface area contributed by atoms with E-state index in [1.807, 2.05) is 20.8 Å². The topological polar surface area (TPSA) is 66.4 Å². The molecule has 0 aromatic heterocycles. The van der Waals surface area contributed by atoms with Gasteiger partial charge in [-0.1, -0.05) is 6.07 Å². The summed E-state index contributed by atoms with van der Waals surface area (Å²) >= 11 is 0. The lowest BCUT2D eigenvalue weighted by Gasteiger charge is -2.19. The third kappa shape index (κ3) is 3.75. The van der Waals surface area contributed by atoms with Crippen LogP contribution in [-0.4, -0.2) is 20.8 Å². The first kappa shape index (κ1) is 12.9. The van der Waals surface area contributed by atoms with Crippen LogP contribution in [0.25, 0.3) is 0 Å². The van der Waals surface area contributed by atoms with Crippen LogP contribution in [0.5, 0.6) is 0 Å². The average Bonchev–Trinajstić information content (AvgIpc) is 2.15. The van der Waals surface area contributed by atoms with Gasteiger partial charge in [0.15, 0.2) is 0 Å². The van der Waals surface area contributed by atoms with Crippen LogP contribution in [0.4, 0.5) is 0 Å². The van der Waals surface area contributed by atoms with Crippen molar-refractivity contribution in [3.63, 3.8) is 0 Å². The Morgan fingerprint density at radius 2 is 2.00 bits per heavy atom. The summed E-state index contributed by atoms with van der Waals surface area (Å²) in [4.78, 5) is 11.2. The zero-order valence-electron chi connectivity index (χ0n) is 9.48. The Hall–Kier alpha value is -1.20. The standard InChI is InChI=1S/C11H15NO3S/c1-11(2,3)12-16(15)9-6-4-5-8(7-9)10(13)14/h4-7,12H,1-3H3,(H,13,14). The highest BCUT2D eigenvalue weighted by molar-refractivity contribution is 7.83. The van der Waals surface area contributed by atoms with Crippen LogP contribution in [0.2, 0.25) is 0 Å². The van der Waals surface area contributed by atoms with Crippen molar-refractivity contribution in [3.05, 3.63) is 29.8 Å². The number of hydrogen-bond acceptors (Lipinski definition) is 2. The maximum Gasteiger partial charge on any atom is 0.335 e. The fraction of sp³-hybridized carbons (Fsp3) is 0.364. The van der Waals surface area contributed by atoms with E-state index in [0.717, 1.165) is 0 Å². The Morgan fingerprint density at radius 3 is 2.50 bits per heavy atom. The number of hydrogen-bond donors (Lipinski definition) is 2. The van der Waals surface area contributed by atoms with Crippen LogP contribution in [0.1, 0.15) is 31.1 Å². The number of rotatable bonds is 3. The normalized spacial score (nSPS) is 13.4. The van der Waals surface area contributed by atoms with Crippen LogP contribution >= 0.6 is 0 Å². The molecular weight excluding hydrogens is 226 g/mol. The van der Waals surface area contributed by atoms with Gasteiger partial charge in [0, 0.05) is 5.54 Å². The first-order valence-corrected chi connectivity index (χ1v) is 5.97. The van der Waals surface area contributed by atoms with Crippen molar-refractivity contribution in [1.29, 1.82) is 0 Å². The molecule has 0 saturated heterocycles. The minimum absolute atomic E-state index is 0.140. The van der Waals surface area contributed by atoms with Crippen LogP contribution in [0.15, 0.2) is 29.2 Å². The summed E-state index contributed by atoms with van der Waals surface area (Å²) in [7, 11) is -1.39. The van der Waals surface area contributed by atoms with Crippen LogP contribution in [-0.2, 0) is 11.0 Å². The van der Waals surface area contributed by atoms with E-state index in [1.165, 1.54) is 12.1 Å². The molecule has 1 aromatic carbocycles. The Bertz CT molecular complexity index is 423. The number of nitrogens with one attached hydrogen (secondary N) is 1. The number of carbonyl (C=O) groups is 1. The molecule has 0 heterocycles. The molecule has 0 spiro atoms. The average molecular weight is 241 g/mol. The first-order chi connectivity index (χ1) is 7.29. The summed E-state index contributed by atoms with van der Waals surface area (Å²) in [6.07, 6.45) is 0. The number of aromatic carboxylic acids is 1. The van der Waals surface area contributed by atoms with E-state index in [4.69, 9.17) is 5.11 Å². The second kappa shape index (κ2) is 4.76. The highest BCUT2D eigenvalue weighted by Crippen LogP contribution is 2.11. The number of carboxylic acids is 1. The largest absolute Gasteiger partial charge is 0.478 e. The maximum absolute atomic E-state index is 11.8. The Morgan fingerprint density at radius 1 is 1.38 bits per heavy atom. The van der Waals surface area contributed by atoms with Gasteiger partial charge in [0.25, 0.3) is 0 Å². The van der Waals surface area contributed by atoms with Crippen molar-refractivity contribution in [2.75, 3.05) is 0 Å².